The van der Waals surface area contributed by atoms with Gasteiger partial charge < -0.3 is 15.2 Å². The average Bonchev–Trinajstić information content (AvgIpc) is 2.94. The number of anilines is 1. The predicted octanol–water partition coefficient (Wildman–Crippen LogP) is 2.81. The molecule has 11 heteroatoms. The van der Waals surface area contributed by atoms with E-state index < -0.39 is 12.1 Å². The number of nitrogens with two attached hydrogens (primary N) is 1. The normalized spacial score (nSPS) is 11.0. The molecule has 2 heterocycles. The van der Waals surface area contributed by atoms with Crippen LogP contribution in [0.3, 0.4) is 0 Å². The molecule has 0 radical (unpaired) electrons. The number of ether oxygens (including phenoxy) is 2. The minimum atomic E-state index is -4.81. The van der Waals surface area contributed by atoms with Crippen LogP contribution in [0.15, 0.2) is 42.9 Å². The summed E-state index contributed by atoms with van der Waals surface area (Å²) in [5.74, 6) is -0.0243. The molecule has 1 aromatic carbocycles. The lowest BCUT2D eigenvalue weighted by atomic mass is 10.3. The van der Waals surface area contributed by atoms with Crippen LogP contribution in [0, 0.1) is 11.3 Å². The molecule has 8 nitrogen and oxygen atoms in total. The van der Waals surface area contributed by atoms with Crippen LogP contribution in [0.5, 0.6) is 17.4 Å². The molecular weight excluding hydrogens is 353 g/mol. The molecule has 0 saturated carbocycles. The molecule has 0 bridgehead atoms. The minimum Gasteiger partial charge on any atom is -0.439 e. The van der Waals surface area contributed by atoms with Gasteiger partial charge in [-0.3, -0.25) is 0 Å². The molecule has 0 aliphatic heterocycles. The molecule has 132 valence electrons. The zero-order valence-electron chi connectivity index (χ0n) is 12.8. The molecule has 0 amide bonds. The van der Waals surface area contributed by atoms with E-state index in [1.807, 2.05) is 6.07 Å². The Labute approximate surface area is 144 Å². The van der Waals surface area contributed by atoms with E-state index in [0.717, 1.165) is 18.5 Å². The molecular formula is C15H9F3N6O2. The van der Waals surface area contributed by atoms with Gasteiger partial charge in [0.2, 0.25) is 5.88 Å². The van der Waals surface area contributed by atoms with Crippen molar-refractivity contribution < 1.29 is 22.6 Å². The van der Waals surface area contributed by atoms with Gasteiger partial charge in [0.1, 0.15) is 35.3 Å². The number of hydrogen-bond acceptors (Lipinski definition) is 7. The maximum Gasteiger partial charge on any atom is 0.573 e. The molecule has 2 aromatic heterocycles. The lowest BCUT2D eigenvalue weighted by Crippen LogP contribution is -2.17. The van der Waals surface area contributed by atoms with E-state index in [-0.39, 0.29) is 28.8 Å². The van der Waals surface area contributed by atoms with Crippen molar-refractivity contribution in [2.75, 3.05) is 5.73 Å². The van der Waals surface area contributed by atoms with Crippen molar-refractivity contribution in [1.82, 2.24) is 19.7 Å². The van der Waals surface area contributed by atoms with Gasteiger partial charge in [-0.25, -0.2) is 9.97 Å². The van der Waals surface area contributed by atoms with E-state index in [4.69, 9.17) is 15.7 Å². The maximum atomic E-state index is 12.3. The zero-order chi connectivity index (χ0) is 18.7. The number of nitrogen functional groups attached to an aromatic ring is 1. The summed E-state index contributed by atoms with van der Waals surface area (Å²) in [6.07, 6.45) is -2.37. The summed E-state index contributed by atoms with van der Waals surface area (Å²) >= 11 is 0. The van der Waals surface area contributed by atoms with Gasteiger partial charge in [0, 0.05) is 12.1 Å². The monoisotopic (exact) mass is 362 g/mol. The van der Waals surface area contributed by atoms with E-state index in [0.29, 0.717) is 0 Å². The van der Waals surface area contributed by atoms with Crippen molar-refractivity contribution in [2.45, 2.75) is 6.36 Å². The number of nitriles is 1. The highest BCUT2D eigenvalue weighted by Gasteiger charge is 2.31. The van der Waals surface area contributed by atoms with Crippen molar-refractivity contribution in [2.24, 2.45) is 0 Å². The summed E-state index contributed by atoms with van der Waals surface area (Å²) in [7, 11) is 0. The quantitative estimate of drug-likeness (QED) is 0.759. The average molecular weight is 362 g/mol. The van der Waals surface area contributed by atoms with E-state index in [1.165, 1.54) is 29.1 Å². The molecule has 0 aliphatic carbocycles. The summed E-state index contributed by atoms with van der Waals surface area (Å²) in [6.45, 7) is 0. The molecule has 26 heavy (non-hydrogen) atoms. The lowest BCUT2D eigenvalue weighted by molar-refractivity contribution is -0.274. The number of alkyl halides is 3. The molecule has 0 unspecified atom stereocenters. The summed E-state index contributed by atoms with van der Waals surface area (Å²) in [5, 5.41) is 12.8. The van der Waals surface area contributed by atoms with Gasteiger partial charge in [0.15, 0.2) is 5.82 Å². The Kier molecular flexibility index (Phi) is 4.32. The summed E-state index contributed by atoms with van der Waals surface area (Å²) in [6, 6.07) is 8.21. The third-order valence-corrected chi connectivity index (χ3v) is 3.03. The molecule has 3 rings (SSSR count). The maximum absolute atomic E-state index is 12.3. The first-order chi connectivity index (χ1) is 12.4. The first-order valence-corrected chi connectivity index (χ1v) is 6.95. The number of nitrogens with zero attached hydrogens (tertiary/aromatic N) is 5. The Bertz CT molecular complexity index is 980. The highest BCUT2D eigenvalue weighted by atomic mass is 19.4. The number of halogens is 3. The van der Waals surface area contributed by atoms with E-state index in [9.17, 15) is 13.2 Å². The summed E-state index contributed by atoms with van der Waals surface area (Å²) < 4.78 is 47.3. The molecule has 0 spiro atoms. The molecule has 0 atom stereocenters. The molecule has 0 fully saturated rings. The second-order valence-electron chi connectivity index (χ2n) is 4.81. The predicted molar refractivity (Wildman–Crippen MR) is 81.5 cm³/mol. The van der Waals surface area contributed by atoms with Crippen LogP contribution < -0.4 is 15.2 Å². The van der Waals surface area contributed by atoms with Crippen LogP contribution in [-0.4, -0.2) is 26.1 Å². The number of aromatic nitrogens is 4. The van der Waals surface area contributed by atoms with Gasteiger partial charge in [-0.15, -0.1) is 13.2 Å². The highest BCUT2D eigenvalue weighted by molar-refractivity contribution is 5.51. The Balaban J connectivity index is 1.84. The fourth-order valence-electron chi connectivity index (χ4n) is 1.98. The SMILES string of the molecule is N#Cc1cnn(-c2cc(Oc3cccc(OC(F)(F)F)c3)ncn2)c1N. The Morgan fingerprint density at radius 2 is 1.92 bits per heavy atom. The summed E-state index contributed by atoms with van der Waals surface area (Å²) in [4.78, 5) is 7.85. The number of rotatable bonds is 4. The van der Waals surface area contributed by atoms with Crippen LogP contribution >= 0.6 is 0 Å². The van der Waals surface area contributed by atoms with Gasteiger partial charge >= 0.3 is 6.36 Å². The topological polar surface area (TPSA) is 112 Å². The lowest BCUT2D eigenvalue weighted by Gasteiger charge is -2.10. The summed E-state index contributed by atoms with van der Waals surface area (Å²) in [5.41, 5.74) is 5.95. The van der Waals surface area contributed by atoms with Crippen LogP contribution in [0.25, 0.3) is 5.82 Å². The molecule has 0 saturated heterocycles. The van der Waals surface area contributed by atoms with Crippen molar-refractivity contribution in [1.29, 1.82) is 5.26 Å². The largest absolute Gasteiger partial charge is 0.573 e. The second kappa shape index (κ2) is 6.60. The fraction of sp³-hybridized carbons (Fsp3) is 0.0667. The third-order valence-electron chi connectivity index (χ3n) is 3.03. The Hall–Kier alpha value is -3.81. The third kappa shape index (κ3) is 3.81. The number of benzene rings is 1. The fourth-order valence-corrected chi connectivity index (χ4v) is 1.98. The minimum absolute atomic E-state index is 0.0348. The first kappa shape index (κ1) is 17.0. The first-order valence-electron chi connectivity index (χ1n) is 6.95. The van der Waals surface area contributed by atoms with Crippen LogP contribution in [0.1, 0.15) is 5.56 Å². The van der Waals surface area contributed by atoms with E-state index in [1.54, 1.807) is 0 Å². The molecule has 0 aliphatic rings. The van der Waals surface area contributed by atoms with Gasteiger partial charge in [0.25, 0.3) is 0 Å². The van der Waals surface area contributed by atoms with Crippen molar-refractivity contribution in [3.05, 3.63) is 48.4 Å². The smallest absolute Gasteiger partial charge is 0.439 e. The van der Waals surface area contributed by atoms with E-state index >= 15 is 0 Å². The van der Waals surface area contributed by atoms with Crippen molar-refractivity contribution in [3.63, 3.8) is 0 Å². The zero-order valence-corrected chi connectivity index (χ0v) is 12.8. The van der Waals surface area contributed by atoms with Crippen molar-refractivity contribution in [3.8, 4) is 29.3 Å². The Morgan fingerprint density at radius 1 is 1.15 bits per heavy atom. The molecule has 3 aromatic rings. The standard InChI is InChI=1S/C15H9F3N6O2/c16-15(17,18)26-11-3-1-2-10(4-11)25-13-5-12(21-8-22-13)24-14(20)9(6-19)7-23-24/h1-5,7-8H,20H2. The van der Waals surface area contributed by atoms with Crippen LogP contribution in [0.2, 0.25) is 0 Å². The van der Waals surface area contributed by atoms with Crippen LogP contribution in [-0.2, 0) is 0 Å². The number of hydrogen-bond donors (Lipinski definition) is 1. The van der Waals surface area contributed by atoms with Gasteiger partial charge in [-0.05, 0) is 12.1 Å². The Morgan fingerprint density at radius 3 is 2.62 bits per heavy atom. The van der Waals surface area contributed by atoms with Gasteiger partial charge in [0.05, 0.1) is 6.20 Å². The molecule has 2 N–H and O–H groups in total. The van der Waals surface area contributed by atoms with Gasteiger partial charge in [-0.2, -0.15) is 15.0 Å². The van der Waals surface area contributed by atoms with Gasteiger partial charge in [-0.1, -0.05) is 6.07 Å². The van der Waals surface area contributed by atoms with Crippen molar-refractivity contribution >= 4 is 5.82 Å². The van der Waals surface area contributed by atoms with E-state index in [2.05, 4.69) is 19.8 Å². The highest BCUT2D eigenvalue weighted by Crippen LogP contribution is 2.28. The second-order valence-corrected chi connectivity index (χ2v) is 4.81. The van der Waals surface area contributed by atoms with Crippen LogP contribution in [0.4, 0.5) is 19.0 Å².